The van der Waals surface area contributed by atoms with Crippen LogP contribution in [-0.2, 0) is 4.79 Å². The van der Waals surface area contributed by atoms with Crippen molar-refractivity contribution in [1.29, 1.82) is 0 Å². The van der Waals surface area contributed by atoms with E-state index < -0.39 is 5.97 Å². The van der Waals surface area contributed by atoms with Crippen molar-refractivity contribution in [3.8, 4) is 0 Å². The summed E-state index contributed by atoms with van der Waals surface area (Å²) in [6.07, 6.45) is 1.52. The number of carbonyl (C=O) groups excluding carboxylic acids is 1. The summed E-state index contributed by atoms with van der Waals surface area (Å²) >= 11 is 7.88. The molecule has 1 aliphatic carbocycles. The number of likely N-dealkylation sites (N-methyl/N-ethyl adjacent to an activating group) is 1. The van der Waals surface area contributed by atoms with Crippen molar-refractivity contribution in [2.45, 2.75) is 55.8 Å². The summed E-state index contributed by atoms with van der Waals surface area (Å²) in [5, 5.41) is 15.7. The van der Waals surface area contributed by atoms with Crippen LogP contribution in [0.3, 0.4) is 0 Å². The van der Waals surface area contributed by atoms with E-state index in [1.54, 1.807) is 11.8 Å². The van der Waals surface area contributed by atoms with Crippen molar-refractivity contribution < 1.29 is 14.7 Å². The lowest BCUT2D eigenvalue weighted by atomic mass is 9.85. The van der Waals surface area contributed by atoms with Gasteiger partial charge in [0.2, 0.25) is 0 Å². The zero-order chi connectivity index (χ0) is 19.3. The molecule has 0 bridgehead atoms. The van der Waals surface area contributed by atoms with Gasteiger partial charge in [-0.05, 0) is 31.5 Å². The lowest BCUT2D eigenvalue weighted by molar-refractivity contribution is -0.139. The second-order valence-electron chi connectivity index (χ2n) is 6.66. The molecule has 8 heteroatoms. The third-order valence-corrected chi connectivity index (χ3v) is 5.85. The predicted octanol–water partition coefficient (Wildman–Crippen LogP) is 3.90. The number of hydrogen-bond acceptors (Lipinski definition) is 4. The maximum atomic E-state index is 12.3. The Labute approximate surface area is 163 Å². The van der Waals surface area contributed by atoms with Crippen molar-refractivity contribution in [1.82, 2.24) is 10.2 Å². The molecular formula is C18H26ClN3O3S. The highest BCUT2D eigenvalue weighted by molar-refractivity contribution is 8.00. The minimum Gasteiger partial charge on any atom is -0.480 e. The van der Waals surface area contributed by atoms with Crippen LogP contribution in [0.2, 0.25) is 5.02 Å². The monoisotopic (exact) mass is 399 g/mol. The van der Waals surface area contributed by atoms with Crippen LogP contribution in [0.15, 0.2) is 23.1 Å². The summed E-state index contributed by atoms with van der Waals surface area (Å²) in [4.78, 5) is 26.0. The van der Waals surface area contributed by atoms with Crippen LogP contribution in [-0.4, -0.2) is 52.4 Å². The standard InChI is InChI=1S/C18H26ClN3O3S/c1-4-22(10-16(23)24)13-8-12(9-13)20-18(25)21-15-7-5-6-14(19)17(15)26-11(2)3/h5-7,11-13H,4,8-10H2,1-3H3,(H,23,24)(H2,20,21,25). The molecule has 1 aliphatic rings. The maximum absolute atomic E-state index is 12.3. The molecule has 0 spiro atoms. The van der Waals surface area contributed by atoms with Gasteiger partial charge in [-0.3, -0.25) is 9.69 Å². The summed E-state index contributed by atoms with van der Waals surface area (Å²) in [7, 11) is 0. The van der Waals surface area contributed by atoms with Crippen LogP contribution in [0.4, 0.5) is 10.5 Å². The Balaban J connectivity index is 1.87. The molecule has 0 saturated heterocycles. The molecule has 1 aromatic rings. The van der Waals surface area contributed by atoms with Gasteiger partial charge in [-0.25, -0.2) is 4.79 Å². The summed E-state index contributed by atoms with van der Waals surface area (Å²) in [6, 6.07) is 5.47. The number of rotatable bonds is 8. The first-order valence-corrected chi connectivity index (χ1v) is 10.0. The summed E-state index contributed by atoms with van der Waals surface area (Å²) in [5.74, 6) is -0.822. The Hall–Kier alpha value is -1.44. The van der Waals surface area contributed by atoms with Crippen molar-refractivity contribution >= 4 is 41.1 Å². The van der Waals surface area contributed by atoms with Gasteiger partial charge in [0, 0.05) is 22.2 Å². The number of hydrogen-bond donors (Lipinski definition) is 3. The fourth-order valence-electron chi connectivity index (χ4n) is 2.98. The van der Waals surface area contributed by atoms with Gasteiger partial charge in [-0.15, -0.1) is 11.8 Å². The molecular weight excluding hydrogens is 374 g/mol. The first-order valence-electron chi connectivity index (χ1n) is 8.78. The van der Waals surface area contributed by atoms with Crippen molar-refractivity contribution in [2.24, 2.45) is 0 Å². The molecule has 0 radical (unpaired) electrons. The molecule has 0 heterocycles. The molecule has 2 amide bonds. The molecule has 1 fully saturated rings. The van der Waals surface area contributed by atoms with Crippen LogP contribution < -0.4 is 10.6 Å². The van der Waals surface area contributed by atoms with E-state index in [0.717, 1.165) is 17.7 Å². The first kappa shape index (κ1) is 20.9. The van der Waals surface area contributed by atoms with E-state index in [2.05, 4.69) is 24.5 Å². The number of halogens is 1. The second-order valence-corrected chi connectivity index (χ2v) is 8.65. The smallest absolute Gasteiger partial charge is 0.319 e. The molecule has 6 nitrogen and oxygen atoms in total. The molecule has 2 rings (SSSR count). The van der Waals surface area contributed by atoms with Crippen molar-refractivity contribution in [3.63, 3.8) is 0 Å². The van der Waals surface area contributed by atoms with Gasteiger partial charge in [-0.2, -0.15) is 0 Å². The average Bonchev–Trinajstić information content (AvgIpc) is 2.51. The molecule has 26 heavy (non-hydrogen) atoms. The average molecular weight is 400 g/mol. The summed E-state index contributed by atoms with van der Waals surface area (Å²) in [6.45, 7) is 6.82. The fourth-order valence-corrected chi connectivity index (χ4v) is 4.19. The van der Waals surface area contributed by atoms with Gasteiger partial charge in [0.1, 0.15) is 0 Å². The Morgan fingerprint density at radius 2 is 2.08 bits per heavy atom. The normalized spacial score (nSPS) is 19.3. The van der Waals surface area contributed by atoms with E-state index in [4.69, 9.17) is 16.7 Å². The first-order chi connectivity index (χ1) is 12.3. The summed E-state index contributed by atoms with van der Waals surface area (Å²) in [5.41, 5.74) is 0.700. The van der Waals surface area contributed by atoms with Gasteiger partial charge in [0.05, 0.1) is 17.3 Å². The number of carbonyl (C=O) groups is 2. The lowest BCUT2D eigenvalue weighted by Gasteiger charge is -2.42. The minimum atomic E-state index is -0.822. The molecule has 1 aromatic carbocycles. The number of benzene rings is 1. The van der Waals surface area contributed by atoms with Gasteiger partial charge in [0.15, 0.2) is 0 Å². The van der Waals surface area contributed by atoms with E-state index in [1.807, 2.05) is 30.0 Å². The number of aliphatic carboxylic acids is 1. The van der Waals surface area contributed by atoms with Crippen LogP contribution in [0, 0.1) is 0 Å². The number of carboxylic acids is 1. The predicted molar refractivity (Wildman–Crippen MR) is 106 cm³/mol. The number of amides is 2. The quantitative estimate of drug-likeness (QED) is 0.577. The fraction of sp³-hybridized carbons (Fsp3) is 0.556. The molecule has 0 aromatic heterocycles. The largest absolute Gasteiger partial charge is 0.480 e. The van der Waals surface area contributed by atoms with E-state index in [9.17, 15) is 9.59 Å². The molecule has 1 saturated carbocycles. The van der Waals surface area contributed by atoms with Gasteiger partial charge in [0.25, 0.3) is 0 Å². The van der Waals surface area contributed by atoms with Crippen molar-refractivity contribution in [3.05, 3.63) is 23.2 Å². The molecule has 0 aliphatic heterocycles. The Kier molecular flexibility index (Phi) is 7.61. The number of urea groups is 1. The van der Waals surface area contributed by atoms with E-state index in [0.29, 0.717) is 22.5 Å². The van der Waals surface area contributed by atoms with Crippen molar-refractivity contribution in [2.75, 3.05) is 18.4 Å². The van der Waals surface area contributed by atoms with Gasteiger partial charge in [-0.1, -0.05) is 38.4 Å². The zero-order valence-electron chi connectivity index (χ0n) is 15.3. The topological polar surface area (TPSA) is 81.7 Å². The Bertz CT molecular complexity index is 651. The van der Waals surface area contributed by atoms with Crippen LogP contribution in [0.5, 0.6) is 0 Å². The number of nitrogens with zero attached hydrogens (tertiary/aromatic N) is 1. The maximum Gasteiger partial charge on any atom is 0.319 e. The van der Waals surface area contributed by atoms with Gasteiger partial charge < -0.3 is 15.7 Å². The van der Waals surface area contributed by atoms with E-state index in [1.165, 1.54) is 0 Å². The second kappa shape index (κ2) is 9.48. The number of nitrogens with one attached hydrogen (secondary N) is 2. The highest BCUT2D eigenvalue weighted by Crippen LogP contribution is 2.36. The third-order valence-electron chi connectivity index (χ3n) is 4.28. The van der Waals surface area contributed by atoms with E-state index >= 15 is 0 Å². The Morgan fingerprint density at radius 3 is 2.65 bits per heavy atom. The molecule has 144 valence electrons. The van der Waals surface area contributed by atoms with Crippen LogP contribution in [0.25, 0.3) is 0 Å². The Morgan fingerprint density at radius 1 is 1.38 bits per heavy atom. The molecule has 3 N–H and O–H groups in total. The molecule has 0 atom stereocenters. The lowest BCUT2D eigenvalue weighted by Crippen LogP contribution is -2.55. The number of anilines is 1. The SMILES string of the molecule is CCN(CC(=O)O)C1CC(NC(=O)Nc2cccc(Cl)c2SC(C)C)C1. The zero-order valence-corrected chi connectivity index (χ0v) is 16.9. The highest BCUT2D eigenvalue weighted by Gasteiger charge is 2.34. The number of thioether (sulfide) groups is 1. The third kappa shape index (κ3) is 5.79. The highest BCUT2D eigenvalue weighted by atomic mass is 35.5. The van der Waals surface area contributed by atoms with Crippen LogP contribution in [0.1, 0.15) is 33.6 Å². The summed E-state index contributed by atoms with van der Waals surface area (Å²) < 4.78 is 0. The van der Waals surface area contributed by atoms with Crippen LogP contribution >= 0.6 is 23.4 Å². The minimum absolute atomic E-state index is 0.0401. The molecule has 0 unspecified atom stereocenters. The van der Waals surface area contributed by atoms with E-state index in [-0.39, 0.29) is 24.7 Å². The number of carboxylic acid groups (broad SMARTS) is 1. The van der Waals surface area contributed by atoms with Gasteiger partial charge >= 0.3 is 12.0 Å².